The largest absolute Gasteiger partial charge is 0.379 e. The maximum atomic E-state index is 5.99. The van der Waals surface area contributed by atoms with Gasteiger partial charge in [-0.15, -0.1) is 11.3 Å². The summed E-state index contributed by atoms with van der Waals surface area (Å²) in [7, 11) is 0. The Labute approximate surface area is 153 Å². The van der Waals surface area contributed by atoms with Crippen LogP contribution >= 0.6 is 22.9 Å². The zero-order valence-corrected chi connectivity index (χ0v) is 15.9. The lowest BCUT2D eigenvalue weighted by molar-refractivity contribution is 0.0195. The SMILES string of the molecule is CCNC(=NCCc1ccc(Cl)s1)N1CCC(N2CCOCC2)C1. The zero-order chi connectivity index (χ0) is 16.8. The lowest BCUT2D eigenvalue weighted by atomic mass is 10.2. The van der Waals surface area contributed by atoms with Gasteiger partial charge in [-0.3, -0.25) is 9.89 Å². The molecule has 0 spiro atoms. The van der Waals surface area contributed by atoms with Crippen LogP contribution in [0.25, 0.3) is 0 Å². The van der Waals surface area contributed by atoms with Crippen molar-refractivity contribution in [1.29, 1.82) is 0 Å². The molecule has 2 aliphatic heterocycles. The van der Waals surface area contributed by atoms with Crippen molar-refractivity contribution in [3.8, 4) is 0 Å². The van der Waals surface area contributed by atoms with Crippen molar-refractivity contribution in [3.63, 3.8) is 0 Å². The molecule has 24 heavy (non-hydrogen) atoms. The minimum Gasteiger partial charge on any atom is -0.379 e. The van der Waals surface area contributed by atoms with Crippen LogP contribution in [0.1, 0.15) is 18.2 Å². The van der Waals surface area contributed by atoms with Crippen LogP contribution in [0.15, 0.2) is 17.1 Å². The van der Waals surface area contributed by atoms with E-state index in [9.17, 15) is 0 Å². The van der Waals surface area contributed by atoms with Crippen molar-refractivity contribution in [2.45, 2.75) is 25.8 Å². The van der Waals surface area contributed by atoms with Gasteiger partial charge in [-0.25, -0.2) is 0 Å². The van der Waals surface area contributed by atoms with Gasteiger partial charge in [-0.1, -0.05) is 11.6 Å². The number of rotatable bonds is 5. The Bertz CT molecular complexity index is 544. The predicted molar refractivity (Wildman–Crippen MR) is 101 cm³/mol. The van der Waals surface area contributed by atoms with Crippen molar-refractivity contribution in [2.24, 2.45) is 4.99 Å². The van der Waals surface area contributed by atoms with Crippen LogP contribution in [-0.2, 0) is 11.2 Å². The van der Waals surface area contributed by atoms with Crippen molar-refractivity contribution in [1.82, 2.24) is 15.1 Å². The zero-order valence-electron chi connectivity index (χ0n) is 14.3. The number of morpholine rings is 1. The summed E-state index contributed by atoms with van der Waals surface area (Å²) in [5, 5.41) is 3.45. The summed E-state index contributed by atoms with van der Waals surface area (Å²) in [5.41, 5.74) is 0. The predicted octanol–water partition coefficient (Wildman–Crippen LogP) is 2.32. The van der Waals surface area contributed by atoms with Crippen molar-refractivity contribution >= 4 is 28.9 Å². The normalized spacial score (nSPS) is 23.0. The van der Waals surface area contributed by atoms with E-state index in [2.05, 4.69) is 28.1 Å². The molecule has 0 bridgehead atoms. The Morgan fingerprint density at radius 2 is 2.21 bits per heavy atom. The standard InChI is InChI=1S/C17H27ClN4OS/c1-2-19-17(20-7-5-15-3-4-16(18)24-15)22-8-6-14(13-22)21-9-11-23-12-10-21/h3-4,14H,2,5-13H2,1H3,(H,19,20). The molecule has 3 rings (SSSR count). The fourth-order valence-electron chi connectivity index (χ4n) is 3.36. The highest BCUT2D eigenvalue weighted by Crippen LogP contribution is 2.22. The second-order valence-electron chi connectivity index (χ2n) is 6.23. The number of nitrogens with zero attached hydrogens (tertiary/aromatic N) is 3. The maximum absolute atomic E-state index is 5.99. The Morgan fingerprint density at radius 1 is 1.38 bits per heavy atom. The monoisotopic (exact) mass is 370 g/mol. The number of halogens is 1. The molecule has 2 aliphatic rings. The van der Waals surface area contributed by atoms with Crippen LogP contribution in [0, 0.1) is 0 Å². The van der Waals surface area contributed by atoms with Crippen molar-refractivity contribution in [2.75, 3.05) is 52.5 Å². The third-order valence-electron chi connectivity index (χ3n) is 4.61. The van der Waals surface area contributed by atoms with Gasteiger partial charge in [-0.2, -0.15) is 0 Å². The van der Waals surface area contributed by atoms with E-state index in [0.29, 0.717) is 6.04 Å². The molecule has 7 heteroatoms. The summed E-state index contributed by atoms with van der Waals surface area (Å²) in [6.45, 7) is 9.85. The van der Waals surface area contributed by atoms with Crippen LogP contribution in [0.2, 0.25) is 4.34 Å². The summed E-state index contributed by atoms with van der Waals surface area (Å²) in [4.78, 5) is 11.1. The van der Waals surface area contributed by atoms with Gasteiger partial charge in [0.2, 0.25) is 0 Å². The van der Waals surface area contributed by atoms with Gasteiger partial charge in [0.15, 0.2) is 5.96 Å². The summed E-state index contributed by atoms with van der Waals surface area (Å²) in [6.07, 6.45) is 2.16. The summed E-state index contributed by atoms with van der Waals surface area (Å²) in [5.74, 6) is 1.05. The van der Waals surface area contributed by atoms with Gasteiger partial charge < -0.3 is 15.0 Å². The third kappa shape index (κ3) is 4.85. The van der Waals surface area contributed by atoms with Gasteiger partial charge in [-0.05, 0) is 25.5 Å². The van der Waals surface area contributed by atoms with Crippen LogP contribution in [0.4, 0.5) is 0 Å². The first-order valence-corrected chi connectivity index (χ1v) is 10.0. The quantitative estimate of drug-likeness (QED) is 0.638. The Hall–Kier alpha value is -0.820. The molecule has 5 nitrogen and oxygen atoms in total. The highest BCUT2D eigenvalue weighted by molar-refractivity contribution is 7.16. The Kier molecular flexibility index (Phi) is 6.77. The highest BCUT2D eigenvalue weighted by atomic mass is 35.5. The van der Waals surface area contributed by atoms with Gasteiger partial charge in [0, 0.05) is 56.6 Å². The van der Waals surface area contributed by atoms with E-state index in [1.807, 2.05) is 6.07 Å². The number of hydrogen-bond donors (Lipinski definition) is 1. The second kappa shape index (κ2) is 9.04. The maximum Gasteiger partial charge on any atom is 0.193 e. The highest BCUT2D eigenvalue weighted by Gasteiger charge is 2.30. The van der Waals surface area contributed by atoms with Crippen LogP contribution < -0.4 is 5.32 Å². The second-order valence-corrected chi connectivity index (χ2v) is 8.03. The van der Waals surface area contributed by atoms with E-state index < -0.39 is 0 Å². The average Bonchev–Trinajstić information content (AvgIpc) is 3.24. The minimum absolute atomic E-state index is 0.633. The summed E-state index contributed by atoms with van der Waals surface area (Å²) in [6, 6.07) is 4.69. The number of thiophene rings is 1. The van der Waals surface area contributed by atoms with E-state index in [4.69, 9.17) is 21.3 Å². The molecule has 2 fully saturated rings. The van der Waals surface area contributed by atoms with E-state index >= 15 is 0 Å². The van der Waals surface area contributed by atoms with Crippen LogP contribution in [-0.4, -0.2) is 74.3 Å². The van der Waals surface area contributed by atoms with Crippen molar-refractivity contribution < 1.29 is 4.74 Å². The van der Waals surface area contributed by atoms with Gasteiger partial charge in [0.25, 0.3) is 0 Å². The molecule has 0 aliphatic carbocycles. The molecular weight excluding hydrogens is 344 g/mol. The minimum atomic E-state index is 0.633. The van der Waals surface area contributed by atoms with Crippen LogP contribution in [0.3, 0.4) is 0 Å². The molecule has 3 heterocycles. The average molecular weight is 371 g/mol. The number of guanidine groups is 1. The molecule has 134 valence electrons. The smallest absolute Gasteiger partial charge is 0.193 e. The fraction of sp³-hybridized carbons (Fsp3) is 0.706. The van der Waals surface area contributed by atoms with Crippen LogP contribution in [0.5, 0.6) is 0 Å². The molecule has 0 saturated carbocycles. The molecule has 2 saturated heterocycles. The molecule has 1 atom stereocenters. The Balaban J connectivity index is 1.53. The van der Waals surface area contributed by atoms with Gasteiger partial charge in [0.05, 0.1) is 17.6 Å². The number of ether oxygens (including phenoxy) is 1. The number of aliphatic imine (C=N–C) groups is 1. The molecule has 1 N–H and O–H groups in total. The molecule has 1 unspecified atom stereocenters. The fourth-order valence-corrected chi connectivity index (χ4v) is 4.44. The molecule has 0 aromatic carbocycles. The van der Waals surface area contributed by atoms with Gasteiger partial charge >= 0.3 is 0 Å². The van der Waals surface area contributed by atoms with Crippen molar-refractivity contribution in [3.05, 3.63) is 21.3 Å². The molecule has 1 aromatic heterocycles. The first-order valence-electron chi connectivity index (χ1n) is 8.85. The van der Waals surface area contributed by atoms with E-state index in [1.54, 1.807) is 11.3 Å². The number of nitrogens with one attached hydrogen (secondary N) is 1. The Morgan fingerprint density at radius 3 is 2.92 bits per heavy atom. The van der Waals surface area contributed by atoms with E-state index in [-0.39, 0.29) is 0 Å². The van der Waals surface area contributed by atoms with Gasteiger partial charge in [0.1, 0.15) is 0 Å². The lowest BCUT2D eigenvalue weighted by Gasteiger charge is -2.32. The lowest BCUT2D eigenvalue weighted by Crippen LogP contribution is -2.46. The first-order chi connectivity index (χ1) is 11.8. The van der Waals surface area contributed by atoms with E-state index in [0.717, 1.165) is 69.2 Å². The van der Waals surface area contributed by atoms with E-state index in [1.165, 1.54) is 11.3 Å². The third-order valence-corrected chi connectivity index (χ3v) is 5.90. The summed E-state index contributed by atoms with van der Waals surface area (Å²) >= 11 is 7.64. The topological polar surface area (TPSA) is 40.1 Å². The molecular formula is C17H27ClN4OS. The number of likely N-dealkylation sites (tertiary alicyclic amines) is 1. The first kappa shape index (κ1) is 18.0. The molecule has 0 amide bonds. The molecule has 0 radical (unpaired) electrons. The number of hydrogen-bond acceptors (Lipinski definition) is 4. The molecule has 1 aromatic rings. The summed E-state index contributed by atoms with van der Waals surface area (Å²) < 4.78 is 6.32.